The van der Waals surface area contributed by atoms with E-state index < -0.39 is 95.8 Å². The lowest BCUT2D eigenvalue weighted by Crippen LogP contribution is -2.67. The first-order valence-electron chi connectivity index (χ1n) is 11.7. The first kappa shape index (κ1) is 35.6. The van der Waals surface area contributed by atoms with Crippen molar-refractivity contribution < 1.29 is 72.4 Å². The van der Waals surface area contributed by atoms with E-state index in [-0.39, 0.29) is 6.42 Å². The second-order valence-corrected chi connectivity index (χ2v) is 12.4. The molecule has 0 aliphatic heterocycles. The number of hydrogen-bond acceptors (Lipinski definition) is 4. The molecule has 0 spiro atoms. The topological polar surface area (TPSA) is 66.8 Å². The van der Waals surface area contributed by atoms with E-state index >= 15 is 0 Å². The zero-order chi connectivity index (χ0) is 31.4. The summed E-state index contributed by atoms with van der Waals surface area (Å²) in [5.74, 6) is -9.17. The molecule has 1 aliphatic carbocycles. The van der Waals surface area contributed by atoms with Crippen molar-refractivity contribution in [1.82, 2.24) is 0 Å². The number of aliphatic hydroxyl groups is 2. The third kappa shape index (κ3) is 7.25. The van der Waals surface area contributed by atoms with Gasteiger partial charge in [0.1, 0.15) is 6.10 Å². The van der Waals surface area contributed by atoms with Gasteiger partial charge in [0.15, 0.2) is 0 Å². The van der Waals surface area contributed by atoms with Gasteiger partial charge in [-0.25, -0.2) is 0 Å². The van der Waals surface area contributed by atoms with Crippen LogP contribution in [0.25, 0.3) is 0 Å². The SMILES string of the molecule is CC(C)(C)CC(C(=O)OC1CC(C(O)(C(F)(F)F)C(F)(F)F)CC(C(O)(C(F)(F)F)C(F)(F)F)C1)C(C)(C)C. The molecule has 232 valence electrons. The van der Waals surface area contributed by atoms with Crippen LogP contribution in [0, 0.1) is 28.6 Å². The predicted molar refractivity (Wildman–Crippen MR) is 112 cm³/mol. The molecular formula is C23H32F12O4. The van der Waals surface area contributed by atoms with E-state index in [1.165, 1.54) is 20.8 Å². The van der Waals surface area contributed by atoms with Crippen LogP contribution >= 0.6 is 0 Å². The van der Waals surface area contributed by atoms with Gasteiger partial charge in [0, 0.05) is 11.8 Å². The number of carbonyl (C=O) groups is 1. The van der Waals surface area contributed by atoms with Gasteiger partial charge in [-0.05, 0) is 36.5 Å². The molecule has 0 aromatic heterocycles. The molecule has 3 atom stereocenters. The van der Waals surface area contributed by atoms with Crippen LogP contribution in [0.3, 0.4) is 0 Å². The molecule has 0 bridgehead atoms. The van der Waals surface area contributed by atoms with Crippen LogP contribution in [-0.4, -0.2) is 58.2 Å². The fraction of sp³-hybridized carbons (Fsp3) is 0.957. The van der Waals surface area contributed by atoms with Crippen LogP contribution in [0.4, 0.5) is 52.7 Å². The van der Waals surface area contributed by atoms with Gasteiger partial charge in [0.2, 0.25) is 0 Å². The first-order chi connectivity index (χ1) is 16.8. The number of halogens is 12. The third-order valence-corrected chi connectivity index (χ3v) is 7.00. The fourth-order valence-corrected chi connectivity index (χ4v) is 4.89. The predicted octanol–water partition coefficient (Wildman–Crippen LogP) is 7.12. The minimum Gasteiger partial charge on any atom is -0.462 e. The lowest BCUT2D eigenvalue weighted by Gasteiger charge is -2.48. The van der Waals surface area contributed by atoms with Crippen LogP contribution < -0.4 is 0 Å². The van der Waals surface area contributed by atoms with Crippen LogP contribution in [-0.2, 0) is 9.53 Å². The Morgan fingerprint density at radius 2 is 0.974 bits per heavy atom. The molecule has 1 saturated carbocycles. The highest BCUT2D eigenvalue weighted by molar-refractivity contribution is 5.73. The van der Waals surface area contributed by atoms with E-state index in [0.717, 1.165) is 0 Å². The quantitative estimate of drug-likeness (QED) is 0.261. The smallest absolute Gasteiger partial charge is 0.426 e. The Kier molecular flexibility index (Phi) is 9.51. The van der Waals surface area contributed by atoms with Gasteiger partial charge in [-0.15, -0.1) is 0 Å². The van der Waals surface area contributed by atoms with Crippen molar-refractivity contribution in [3.63, 3.8) is 0 Å². The second kappa shape index (κ2) is 10.4. The zero-order valence-corrected chi connectivity index (χ0v) is 21.9. The van der Waals surface area contributed by atoms with Crippen molar-refractivity contribution in [3.8, 4) is 0 Å². The van der Waals surface area contributed by atoms with E-state index in [1.807, 2.05) is 0 Å². The number of hydrogen-bond donors (Lipinski definition) is 2. The van der Waals surface area contributed by atoms with Crippen LogP contribution in [0.15, 0.2) is 0 Å². The summed E-state index contributed by atoms with van der Waals surface area (Å²) in [6, 6.07) is 0. The maximum Gasteiger partial charge on any atom is 0.426 e. The fourth-order valence-electron chi connectivity index (χ4n) is 4.89. The van der Waals surface area contributed by atoms with Crippen molar-refractivity contribution in [2.24, 2.45) is 28.6 Å². The Hall–Kier alpha value is -1.45. The lowest BCUT2D eigenvalue weighted by atomic mass is 9.65. The van der Waals surface area contributed by atoms with Crippen molar-refractivity contribution >= 4 is 5.97 Å². The molecule has 0 heterocycles. The van der Waals surface area contributed by atoms with Gasteiger partial charge in [0.05, 0.1) is 5.92 Å². The van der Waals surface area contributed by atoms with E-state index in [2.05, 4.69) is 0 Å². The Labute approximate surface area is 217 Å². The molecule has 1 rings (SSSR count). The largest absolute Gasteiger partial charge is 0.462 e. The highest BCUT2D eigenvalue weighted by Crippen LogP contribution is 2.58. The summed E-state index contributed by atoms with van der Waals surface area (Å²) in [5.41, 5.74) is -13.1. The van der Waals surface area contributed by atoms with Crippen molar-refractivity contribution in [3.05, 3.63) is 0 Å². The Morgan fingerprint density at radius 3 is 1.21 bits per heavy atom. The molecular weight excluding hydrogens is 568 g/mol. The number of ether oxygens (including phenoxy) is 1. The second-order valence-electron chi connectivity index (χ2n) is 12.4. The zero-order valence-electron chi connectivity index (χ0n) is 21.9. The van der Waals surface area contributed by atoms with Crippen LogP contribution in [0.1, 0.15) is 67.2 Å². The van der Waals surface area contributed by atoms with Gasteiger partial charge < -0.3 is 14.9 Å². The summed E-state index contributed by atoms with van der Waals surface area (Å²) in [6.07, 6.45) is -34.1. The molecule has 0 saturated heterocycles. The Balaban J connectivity index is 3.73. The molecule has 1 aliphatic rings. The highest BCUT2D eigenvalue weighted by Gasteiger charge is 2.78. The molecule has 0 amide bonds. The van der Waals surface area contributed by atoms with Crippen molar-refractivity contribution in [2.45, 2.75) is 109 Å². The molecule has 0 aromatic carbocycles. The van der Waals surface area contributed by atoms with E-state index in [0.29, 0.717) is 0 Å². The van der Waals surface area contributed by atoms with Gasteiger partial charge >= 0.3 is 30.7 Å². The van der Waals surface area contributed by atoms with Crippen LogP contribution in [0.2, 0.25) is 0 Å². The number of carbonyl (C=O) groups excluding carboxylic acids is 1. The lowest BCUT2D eigenvalue weighted by molar-refractivity contribution is -0.405. The maximum absolute atomic E-state index is 13.6. The summed E-state index contributed by atoms with van der Waals surface area (Å²) in [4.78, 5) is 13.0. The maximum atomic E-state index is 13.6. The molecule has 39 heavy (non-hydrogen) atoms. The first-order valence-corrected chi connectivity index (χ1v) is 11.7. The minimum atomic E-state index is -6.60. The Morgan fingerprint density at radius 1 is 0.667 bits per heavy atom. The molecule has 3 unspecified atom stereocenters. The van der Waals surface area contributed by atoms with Crippen LogP contribution in [0.5, 0.6) is 0 Å². The summed E-state index contributed by atoms with van der Waals surface area (Å²) in [6.45, 7) is 9.58. The van der Waals surface area contributed by atoms with E-state index in [1.54, 1.807) is 20.8 Å². The molecule has 0 aromatic rings. The van der Waals surface area contributed by atoms with Crippen molar-refractivity contribution in [1.29, 1.82) is 0 Å². The van der Waals surface area contributed by atoms with Gasteiger partial charge in [-0.1, -0.05) is 41.5 Å². The van der Waals surface area contributed by atoms with E-state index in [9.17, 15) is 67.7 Å². The summed E-state index contributed by atoms with van der Waals surface area (Å²) < 4.78 is 168. The Bertz CT molecular complexity index is 785. The summed E-state index contributed by atoms with van der Waals surface area (Å²) in [5, 5.41) is 19.6. The molecule has 4 nitrogen and oxygen atoms in total. The number of esters is 1. The number of alkyl halides is 12. The molecule has 0 radical (unpaired) electrons. The van der Waals surface area contributed by atoms with Gasteiger partial charge in [0.25, 0.3) is 11.2 Å². The highest BCUT2D eigenvalue weighted by atomic mass is 19.4. The molecule has 2 N–H and O–H groups in total. The monoisotopic (exact) mass is 600 g/mol. The summed E-state index contributed by atoms with van der Waals surface area (Å²) >= 11 is 0. The van der Waals surface area contributed by atoms with E-state index in [4.69, 9.17) is 4.74 Å². The van der Waals surface area contributed by atoms with Crippen molar-refractivity contribution in [2.75, 3.05) is 0 Å². The standard InChI is InChI=1S/C23H32F12O4/c1-16(2,3)10-14(17(4,5)6)15(36)39-13-8-11(18(37,20(24,25)26)21(27,28)29)7-12(9-13)19(38,22(30,31)32)23(33,34)35/h11-14,37-38H,7-10H2,1-6H3. The average Bonchev–Trinajstić information content (AvgIpc) is 2.65. The third-order valence-electron chi connectivity index (χ3n) is 7.00. The normalized spacial score (nSPS) is 23.9. The molecule has 16 heteroatoms. The van der Waals surface area contributed by atoms with Gasteiger partial charge in [-0.3, -0.25) is 4.79 Å². The van der Waals surface area contributed by atoms with Gasteiger partial charge in [-0.2, -0.15) is 52.7 Å². The minimum absolute atomic E-state index is 0.0268. The number of rotatable bonds is 5. The average molecular weight is 600 g/mol. The molecule has 1 fully saturated rings. The summed E-state index contributed by atoms with van der Waals surface area (Å²) in [7, 11) is 0.